The summed E-state index contributed by atoms with van der Waals surface area (Å²) in [5, 5.41) is 9.16. The first-order valence-corrected chi connectivity index (χ1v) is 5.63. The summed E-state index contributed by atoms with van der Waals surface area (Å²) in [5.74, 6) is 0.875. The van der Waals surface area contributed by atoms with Crippen LogP contribution in [-0.2, 0) is 0 Å². The number of hydrogen-bond donors (Lipinski definition) is 2. The van der Waals surface area contributed by atoms with E-state index in [1.54, 1.807) is 0 Å². The Morgan fingerprint density at radius 2 is 2.19 bits per heavy atom. The van der Waals surface area contributed by atoms with Crippen molar-refractivity contribution in [1.82, 2.24) is 9.97 Å². The first-order chi connectivity index (χ1) is 7.65. The van der Waals surface area contributed by atoms with Crippen LogP contribution in [0.3, 0.4) is 0 Å². The number of nitrogens with two attached hydrogens (primary N) is 1. The zero-order valence-corrected chi connectivity index (χ0v) is 10.1. The molecule has 0 atom stereocenters. The van der Waals surface area contributed by atoms with Crippen LogP contribution in [-0.4, -0.2) is 35.3 Å². The third-order valence-corrected chi connectivity index (χ3v) is 2.52. The number of nitrogen functional groups attached to an aromatic ring is 1. The van der Waals surface area contributed by atoms with Crippen molar-refractivity contribution < 1.29 is 5.11 Å². The van der Waals surface area contributed by atoms with E-state index < -0.39 is 0 Å². The molecular weight excluding hydrogens is 228 g/mol. The number of anilines is 2. The lowest BCUT2D eigenvalue weighted by Crippen LogP contribution is -2.20. The van der Waals surface area contributed by atoms with Gasteiger partial charge in [0.05, 0.1) is 6.20 Å². The van der Waals surface area contributed by atoms with E-state index in [1.807, 2.05) is 11.9 Å². The summed E-state index contributed by atoms with van der Waals surface area (Å²) in [4.78, 5) is 9.83. The SMILES string of the molecule is CN(CCCCCO)c1nc(N)ncc1Cl. The summed E-state index contributed by atoms with van der Waals surface area (Å²) < 4.78 is 0. The van der Waals surface area contributed by atoms with E-state index in [9.17, 15) is 0 Å². The monoisotopic (exact) mass is 244 g/mol. The normalized spacial score (nSPS) is 10.4. The molecule has 0 saturated heterocycles. The molecule has 0 fully saturated rings. The van der Waals surface area contributed by atoms with Crippen molar-refractivity contribution in [3.63, 3.8) is 0 Å². The number of aliphatic hydroxyl groups is 1. The summed E-state index contributed by atoms with van der Waals surface area (Å²) in [6.45, 7) is 1.07. The van der Waals surface area contributed by atoms with Gasteiger partial charge in [-0.25, -0.2) is 4.98 Å². The van der Waals surface area contributed by atoms with Gasteiger partial charge in [-0.2, -0.15) is 4.98 Å². The zero-order chi connectivity index (χ0) is 12.0. The number of unbranched alkanes of at least 4 members (excludes halogenated alkanes) is 2. The highest BCUT2D eigenvalue weighted by Crippen LogP contribution is 2.22. The molecule has 3 N–H and O–H groups in total. The van der Waals surface area contributed by atoms with Gasteiger partial charge in [0, 0.05) is 20.2 Å². The molecule has 0 bridgehead atoms. The van der Waals surface area contributed by atoms with E-state index in [0.717, 1.165) is 25.8 Å². The van der Waals surface area contributed by atoms with Gasteiger partial charge in [-0.05, 0) is 19.3 Å². The number of rotatable bonds is 6. The van der Waals surface area contributed by atoms with Crippen LogP contribution in [0.1, 0.15) is 19.3 Å². The minimum Gasteiger partial charge on any atom is -0.396 e. The predicted molar refractivity (Wildman–Crippen MR) is 65.7 cm³/mol. The molecule has 16 heavy (non-hydrogen) atoms. The van der Waals surface area contributed by atoms with Crippen molar-refractivity contribution in [2.45, 2.75) is 19.3 Å². The molecule has 1 heterocycles. The van der Waals surface area contributed by atoms with Crippen molar-refractivity contribution in [2.24, 2.45) is 0 Å². The summed E-state index contributed by atoms with van der Waals surface area (Å²) in [5.41, 5.74) is 5.50. The molecule has 0 unspecified atom stereocenters. The quantitative estimate of drug-likeness (QED) is 0.738. The molecule has 6 heteroatoms. The van der Waals surface area contributed by atoms with Gasteiger partial charge in [-0.1, -0.05) is 11.6 Å². The molecule has 0 radical (unpaired) electrons. The first kappa shape index (κ1) is 13.0. The number of halogens is 1. The fourth-order valence-corrected chi connectivity index (χ4v) is 1.62. The van der Waals surface area contributed by atoms with E-state index in [1.165, 1.54) is 6.20 Å². The average molecular weight is 245 g/mol. The summed E-state index contributed by atoms with van der Waals surface area (Å²) in [6, 6.07) is 0. The second-order valence-electron chi connectivity index (χ2n) is 3.61. The Hall–Kier alpha value is -1.07. The lowest BCUT2D eigenvalue weighted by atomic mass is 10.2. The van der Waals surface area contributed by atoms with Crippen LogP contribution < -0.4 is 10.6 Å². The van der Waals surface area contributed by atoms with Crippen molar-refractivity contribution in [3.8, 4) is 0 Å². The fraction of sp³-hybridized carbons (Fsp3) is 0.600. The van der Waals surface area contributed by atoms with Gasteiger partial charge in [-0.3, -0.25) is 0 Å². The molecule has 0 saturated carbocycles. The van der Waals surface area contributed by atoms with E-state index >= 15 is 0 Å². The molecule has 1 aromatic heterocycles. The maximum Gasteiger partial charge on any atom is 0.222 e. The minimum atomic E-state index is 0.224. The number of hydrogen-bond acceptors (Lipinski definition) is 5. The van der Waals surface area contributed by atoms with Crippen LogP contribution >= 0.6 is 11.6 Å². The Morgan fingerprint density at radius 1 is 1.44 bits per heavy atom. The van der Waals surface area contributed by atoms with E-state index in [2.05, 4.69) is 9.97 Å². The van der Waals surface area contributed by atoms with Gasteiger partial charge >= 0.3 is 0 Å². The third-order valence-electron chi connectivity index (χ3n) is 2.26. The Morgan fingerprint density at radius 3 is 2.88 bits per heavy atom. The number of nitrogens with zero attached hydrogens (tertiary/aromatic N) is 3. The lowest BCUT2D eigenvalue weighted by molar-refractivity contribution is 0.283. The van der Waals surface area contributed by atoms with Gasteiger partial charge in [0.15, 0.2) is 5.82 Å². The molecule has 5 nitrogen and oxygen atoms in total. The molecule has 0 spiro atoms. The predicted octanol–water partition coefficient (Wildman–Crippen LogP) is 1.31. The highest BCUT2D eigenvalue weighted by Gasteiger charge is 2.08. The Bertz CT molecular complexity index is 335. The number of aromatic nitrogens is 2. The van der Waals surface area contributed by atoms with E-state index in [-0.39, 0.29) is 12.6 Å². The molecule has 0 aliphatic carbocycles. The van der Waals surface area contributed by atoms with Crippen molar-refractivity contribution >= 4 is 23.4 Å². The maximum atomic E-state index is 8.66. The molecular formula is C10H17ClN4O. The minimum absolute atomic E-state index is 0.224. The topological polar surface area (TPSA) is 75.3 Å². The van der Waals surface area contributed by atoms with Gasteiger partial charge in [-0.15, -0.1) is 0 Å². The maximum absolute atomic E-state index is 8.66. The first-order valence-electron chi connectivity index (χ1n) is 5.25. The van der Waals surface area contributed by atoms with Crippen molar-refractivity contribution in [2.75, 3.05) is 30.8 Å². The van der Waals surface area contributed by atoms with Gasteiger partial charge in [0.25, 0.3) is 0 Å². The smallest absolute Gasteiger partial charge is 0.222 e. The fourth-order valence-electron chi connectivity index (χ4n) is 1.38. The van der Waals surface area contributed by atoms with Crippen LogP contribution in [0, 0.1) is 0 Å². The van der Waals surface area contributed by atoms with Crippen molar-refractivity contribution in [3.05, 3.63) is 11.2 Å². The van der Waals surface area contributed by atoms with E-state index in [4.69, 9.17) is 22.4 Å². The molecule has 1 rings (SSSR count). The molecule has 90 valence electrons. The summed E-state index contributed by atoms with van der Waals surface area (Å²) in [6.07, 6.45) is 4.30. The molecule has 0 aliphatic rings. The molecule has 0 aliphatic heterocycles. The van der Waals surface area contributed by atoms with Crippen LogP contribution in [0.2, 0.25) is 5.02 Å². The van der Waals surface area contributed by atoms with Crippen LogP contribution in [0.25, 0.3) is 0 Å². The van der Waals surface area contributed by atoms with Gasteiger partial charge in [0.1, 0.15) is 5.02 Å². The van der Waals surface area contributed by atoms with E-state index in [0.29, 0.717) is 10.8 Å². The highest BCUT2D eigenvalue weighted by atomic mass is 35.5. The van der Waals surface area contributed by atoms with Crippen LogP contribution in [0.5, 0.6) is 0 Å². The highest BCUT2D eigenvalue weighted by molar-refractivity contribution is 6.32. The Balaban J connectivity index is 2.51. The molecule has 1 aromatic rings. The zero-order valence-electron chi connectivity index (χ0n) is 9.36. The molecule has 0 aromatic carbocycles. The Kier molecular flexibility index (Phi) is 5.28. The average Bonchev–Trinajstić information content (AvgIpc) is 2.27. The lowest BCUT2D eigenvalue weighted by Gasteiger charge is -2.18. The largest absolute Gasteiger partial charge is 0.396 e. The third kappa shape index (κ3) is 3.83. The Labute approximate surface area is 100 Å². The summed E-state index contributed by atoms with van der Waals surface area (Å²) in [7, 11) is 1.91. The van der Waals surface area contributed by atoms with Crippen molar-refractivity contribution in [1.29, 1.82) is 0 Å². The number of aliphatic hydroxyl groups excluding tert-OH is 1. The van der Waals surface area contributed by atoms with Crippen LogP contribution in [0.15, 0.2) is 6.20 Å². The standard InChI is InChI=1S/C10H17ClN4O/c1-15(5-3-2-4-6-16)9-8(11)7-13-10(12)14-9/h7,16H,2-6H2,1H3,(H2,12,13,14). The molecule has 0 amide bonds. The van der Waals surface area contributed by atoms with Gasteiger partial charge < -0.3 is 15.7 Å². The second kappa shape index (κ2) is 6.50. The summed E-state index contributed by atoms with van der Waals surface area (Å²) >= 11 is 5.97. The second-order valence-corrected chi connectivity index (χ2v) is 4.01. The van der Waals surface area contributed by atoms with Crippen LogP contribution in [0.4, 0.5) is 11.8 Å². The van der Waals surface area contributed by atoms with Gasteiger partial charge in [0.2, 0.25) is 5.95 Å².